The number of anilines is 1. The smallest absolute Gasteiger partial charge is 0.191 e. The number of benzene rings is 1. The van der Waals surface area contributed by atoms with E-state index in [0.29, 0.717) is 12.2 Å². The molecule has 7 heteroatoms. The fraction of sp³-hybridized carbons (Fsp3) is 0.455. The van der Waals surface area contributed by atoms with Crippen LogP contribution in [0.1, 0.15) is 36.6 Å². The lowest BCUT2D eigenvalue weighted by molar-refractivity contribution is 0.462. The van der Waals surface area contributed by atoms with Crippen LogP contribution >= 0.6 is 24.0 Å². The molecule has 0 aliphatic carbocycles. The fourth-order valence-electron chi connectivity index (χ4n) is 3.53. The van der Waals surface area contributed by atoms with Crippen molar-refractivity contribution in [1.82, 2.24) is 15.6 Å². The lowest BCUT2D eigenvalue weighted by Crippen LogP contribution is -2.51. The first-order valence-electron chi connectivity index (χ1n) is 10.0. The van der Waals surface area contributed by atoms with Crippen LogP contribution in [0.15, 0.2) is 41.5 Å². The van der Waals surface area contributed by atoms with Gasteiger partial charge in [0, 0.05) is 31.9 Å². The van der Waals surface area contributed by atoms with Crippen LogP contribution in [0.2, 0.25) is 0 Å². The molecule has 1 unspecified atom stereocenters. The van der Waals surface area contributed by atoms with Gasteiger partial charge >= 0.3 is 0 Å². The van der Waals surface area contributed by atoms with Gasteiger partial charge in [-0.2, -0.15) is 0 Å². The van der Waals surface area contributed by atoms with E-state index in [9.17, 15) is 4.39 Å². The molecule has 0 spiro atoms. The maximum atomic E-state index is 14.3. The molecule has 0 bridgehead atoms. The molecule has 1 fully saturated rings. The molecule has 1 aromatic carbocycles. The predicted octanol–water partition coefficient (Wildman–Crippen LogP) is 4.18. The summed E-state index contributed by atoms with van der Waals surface area (Å²) >= 11 is 0. The Morgan fingerprint density at radius 1 is 1.31 bits per heavy atom. The molecule has 1 atom stereocenters. The first-order valence-corrected chi connectivity index (χ1v) is 10.0. The molecule has 158 valence electrons. The minimum absolute atomic E-state index is 0. The lowest BCUT2D eigenvalue weighted by Gasteiger charge is -2.35. The summed E-state index contributed by atoms with van der Waals surface area (Å²) in [5.41, 5.74) is 3.89. The fourth-order valence-corrected chi connectivity index (χ4v) is 3.53. The van der Waals surface area contributed by atoms with Gasteiger partial charge < -0.3 is 15.5 Å². The summed E-state index contributed by atoms with van der Waals surface area (Å²) in [4.78, 5) is 11.3. The zero-order valence-electron chi connectivity index (χ0n) is 17.4. The van der Waals surface area contributed by atoms with Gasteiger partial charge in [0.05, 0.1) is 17.9 Å². The maximum Gasteiger partial charge on any atom is 0.191 e. The van der Waals surface area contributed by atoms with E-state index in [1.807, 2.05) is 38.1 Å². The van der Waals surface area contributed by atoms with Crippen molar-refractivity contribution < 1.29 is 4.39 Å². The highest BCUT2D eigenvalue weighted by Gasteiger charge is 2.23. The van der Waals surface area contributed by atoms with Crippen LogP contribution in [0.4, 0.5) is 10.1 Å². The number of guanidine groups is 1. The SMILES string of the molecule is CCNC(=NCc1ncccc1C)NC1CCCN(c2cc(C)ccc2F)C1.I. The van der Waals surface area contributed by atoms with Crippen molar-refractivity contribution in [3.8, 4) is 0 Å². The van der Waals surface area contributed by atoms with Gasteiger partial charge in [-0.1, -0.05) is 12.1 Å². The van der Waals surface area contributed by atoms with Gasteiger partial charge in [-0.25, -0.2) is 9.38 Å². The van der Waals surface area contributed by atoms with E-state index in [-0.39, 0.29) is 35.8 Å². The average molecular weight is 511 g/mol. The number of aryl methyl sites for hydroxylation is 2. The Balaban J connectivity index is 0.00000300. The third-order valence-electron chi connectivity index (χ3n) is 5.05. The Morgan fingerprint density at radius 3 is 2.90 bits per heavy atom. The van der Waals surface area contributed by atoms with Crippen molar-refractivity contribution in [1.29, 1.82) is 0 Å². The first kappa shape index (κ1) is 23.4. The molecule has 1 aliphatic heterocycles. The normalized spacial score (nSPS) is 16.9. The molecule has 1 aromatic heterocycles. The van der Waals surface area contributed by atoms with Gasteiger partial charge in [0.2, 0.25) is 0 Å². The highest BCUT2D eigenvalue weighted by molar-refractivity contribution is 14.0. The summed E-state index contributed by atoms with van der Waals surface area (Å²) in [7, 11) is 0. The van der Waals surface area contributed by atoms with Crippen molar-refractivity contribution in [3.63, 3.8) is 0 Å². The Labute approximate surface area is 190 Å². The van der Waals surface area contributed by atoms with Gasteiger partial charge in [-0.3, -0.25) is 4.98 Å². The number of hydrogen-bond acceptors (Lipinski definition) is 3. The summed E-state index contributed by atoms with van der Waals surface area (Å²) in [6.45, 7) is 9.05. The van der Waals surface area contributed by atoms with E-state index < -0.39 is 0 Å². The molecule has 29 heavy (non-hydrogen) atoms. The molecule has 0 amide bonds. The second-order valence-electron chi connectivity index (χ2n) is 7.35. The van der Waals surface area contributed by atoms with Crippen molar-refractivity contribution in [2.75, 3.05) is 24.5 Å². The minimum atomic E-state index is -0.155. The predicted molar refractivity (Wildman–Crippen MR) is 129 cm³/mol. The molecule has 2 heterocycles. The average Bonchev–Trinajstić information content (AvgIpc) is 2.69. The zero-order valence-corrected chi connectivity index (χ0v) is 19.7. The molecule has 2 aromatic rings. The van der Waals surface area contributed by atoms with Crippen LogP contribution in [0.25, 0.3) is 0 Å². The third kappa shape index (κ3) is 6.55. The Bertz CT molecular complexity index is 827. The second-order valence-corrected chi connectivity index (χ2v) is 7.35. The Morgan fingerprint density at radius 2 is 2.14 bits per heavy atom. The number of piperidine rings is 1. The lowest BCUT2D eigenvalue weighted by atomic mass is 10.0. The van der Waals surface area contributed by atoms with Crippen LogP contribution in [0, 0.1) is 19.7 Å². The summed E-state index contributed by atoms with van der Waals surface area (Å²) in [5, 5.41) is 6.84. The van der Waals surface area contributed by atoms with Crippen molar-refractivity contribution in [3.05, 3.63) is 59.2 Å². The molecule has 3 rings (SSSR count). The van der Waals surface area contributed by atoms with E-state index in [2.05, 4.69) is 27.4 Å². The van der Waals surface area contributed by atoms with Crippen LogP contribution < -0.4 is 15.5 Å². The van der Waals surface area contributed by atoms with Gasteiger partial charge in [0.1, 0.15) is 5.82 Å². The van der Waals surface area contributed by atoms with Crippen LogP contribution in [0.3, 0.4) is 0 Å². The third-order valence-corrected chi connectivity index (χ3v) is 5.05. The van der Waals surface area contributed by atoms with Crippen molar-refractivity contribution in [2.24, 2.45) is 4.99 Å². The minimum Gasteiger partial charge on any atom is -0.367 e. The van der Waals surface area contributed by atoms with Gasteiger partial charge in [-0.15, -0.1) is 24.0 Å². The van der Waals surface area contributed by atoms with Crippen LogP contribution in [-0.2, 0) is 6.54 Å². The van der Waals surface area contributed by atoms with Crippen molar-refractivity contribution >= 4 is 35.6 Å². The number of aliphatic imine (C=N–C) groups is 1. The van der Waals surface area contributed by atoms with E-state index in [1.54, 1.807) is 12.3 Å². The Kier molecular flexibility index (Phi) is 9.13. The molecular formula is C22H31FIN5. The van der Waals surface area contributed by atoms with E-state index in [0.717, 1.165) is 55.3 Å². The largest absolute Gasteiger partial charge is 0.367 e. The van der Waals surface area contributed by atoms with E-state index >= 15 is 0 Å². The maximum absolute atomic E-state index is 14.3. The number of pyridine rings is 1. The monoisotopic (exact) mass is 511 g/mol. The quantitative estimate of drug-likeness (QED) is 0.360. The Hall–Kier alpha value is -1.90. The number of halogens is 2. The van der Waals surface area contributed by atoms with Crippen LogP contribution in [0.5, 0.6) is 0 Å². The molecule has 0 saturated carbocycles. The number of rotatable bonds is 5. The van der Waals surface area contributed by atoms with E-state index in [1.165, 1.54) is 0 Å². The van der Waals surface area contributed by atoms with E-state index in [4.69, 9.17) is 4.99 Å². The van der Waals surface area contributed by atoms with Gasteiger partial charge in [0.15, 0.2) is 5.96 Å². The summed E-state index contributed by atoms with van der Waals surface area (Å²) in [6.07, 6.45) is 3.86. The zero-order chi connectivity index (χ0) is 19.9. The molecule has 5 nitrogen and oxygen atoms in total. The molecule has 0 radical (unpaired) electrons. The number of nitrogens with zero attached hydrogens (tertiary/aromatic N) is 3. The highest BCUT2D eigenvalue weighted by Crippen LogP contribution is 2.24. The summed E-state index contributed by atoms with van der Waals surface area (Å²) in [6, 6.07) is 9.51. The van der Waals surface area contributed by atoms with Crippen molar-refractivity contribution in [2.45, 2.75) is 46.2 Å². The molecule has 1 aliphatic rings. The highest BCUT2D eigenvalue weighted by atomic mass is 127. The first-order chi connectivity index (χ1) is 13.6. The number of hydrogen-bond donors (Lipinski definition) is 2. The molecule has 1 saturated heterocycles. The second kappa shape index (κ2) is 11.3. The number of nitrogens with one attached hydrogen (secondary N) is 2. The number of aromatic nitrogens is 1. The molecule has 2 N–H and O–H groups in total. The standard InChI is InChI=1S/C22H30FN5.HI/c1-4-24-22(26-14-20-17(3)7-5-11-25-20)27-18-8-6-12-28(15-18)21-13-16(2)9-10-19(21)23;/h5,7,9-11,13,18H,4,6,8,12,14-15H2,1-3H3,(H2,24,26,27);1H. The summed E-state index contributed by atoms with van der Waals surface area (Å²) in [5.74, 6) is 0.626. The molecular weight excluding hydrogens is 480 g/mol. The van der Waals surface area contributed by atoms with Crippen LogP contribution in [-0.4, -0.2) is 36.6 Å². The summed E-state index contributed by atoms with van der Waals surface area (Å²) < 4.78 is 14.3. The van der Waals surface area contributed by atoms with Gasteiger partial charge in [-0.05, 0) is 62.9 Å². The van der Waals surface area contributed by atoms with Gasteiger partial charge in [0.25, 0.3) is 0 Å². The topological polar surface area (TPSA) is 52.6 Å².